The Balaban J connectivity index is 2.66. The Morgan fingerprint density at radius 2 is 1.90 bits per heavy atom. The zero-order valence-corrected chi connectivity index (χ0v) is 14.3. The molecule has 0 bridgehead atoms. The number of carbonyl (C=O) groups is 1. The number of aryl methyl sites for hydroxylation is 1. The molecule has 116 valence electrons. The van der Waals surface area contributed by atoms with Gasteiger partial charge in [-0.25, -0.2) is 0 Å². The highest BCUT2D eigenvalue weighted by molar-refractivity contribution is 7.80. The lowest BCUT2D eigenvalue weighted by Crippen LogP contribution is -2.48. The molecule has 0 aliphatic carbocycles. The monoisotopic (exact) mass is 307 g/mol. The highest BCUT2D eigenvalue weighted by Crippen LogP contribution is 2.14. The minimum atomic E-state index is -0.235. The lowest BCUT2D eigenvalue weighted by molar-refractivity contribution is -0.122. The van der Waals surface area contributed by atoms with Crippen LogP contribution in [-0.2, 0) is 4.79 Å². The number of rotatable bonds is 4. The highest BCUT2D eigenvalue weighted by Gasteiger charge is 2.17. The fourth-order valence-corrected chi connectivity index (χ4v) is 2.17. The molecular weight excluding hydrogens is 282 g/mol. The van der Waals surface area contributed by atoms with E-state index in [4.69, 9.17) is 12.2 Å². The fraction of sp³-hybridized carbons (Fsp3) is 0.500. The molecule has 0 aromatic heterocycles. The van der Waals surface area contributed by atoms with Crippen LogP contribution in [0, 0.1) is 6.92 Å². The lowest BCUT2D eigenvalue weighted by atomic mass is 10.1. The number of amides is 1. The van der Waals surface area contributed by atoms with Gasteiger partial charge >= 0.3 is 0 Å². The van der Waals surface area contributed by atoms with Crippen molar-refractivity contribution in [3.8, 4) is 0 Å². The number of nitrogens with zero attached hydrogens (tertiary/aromatic N) is 1. The van der Waals surface area contributed by atoms with Crippen LogP contribution in [-0.4, -0.2) is 34.5 Å². The summed E-state index contributed by atoms with van der Waals surface area (Å²) in [5.41, 5.74) is 1.86. The molecule has 2 N–H and O–H groups in total. The molecule has 1 aromatic rings. The van der Waals surface area contributed by atoms with Crippen LogP contribution in [0.3, 0.4) is 0 Å². The predicted octanol–water partition coefficient (Wildman–Crippen LogP) is 2.93. The van der Waals surface area contributed by atoms with Gasteiger partial charge in [-0.1, -0.05) is 18.2 Å². The van der Waals surface area contributed by atoms with Gasteiger partial charge in [-0.15, -0.1) is 0 Å². The van der Waals surface area contributed by atoms with E-state index in [9.17, 15) is 4.79 Å². The average Bonchev–Trinajstić information content (AvgIpc) is 2.36. The van der Waals surface area contributed by atoms with Gasteiger partial charge in [-0.2, -0.15) is 0 Å². The summed E-state index contributed by atoms with van der Waals surface area (Å²) >= 11 is 5.41. The number of para-hydroxylation sites is 1. The molecule has 0 unspecified atom stereocenters. The van der Waals surface area contributed by atoms with Crippen molar-refractivity contribution < 1.29 is 4.79 Å². The molecular formula is C16H25N3OS. The zero-order valence-electron chi connectivity index (χ0n) is 13.5. The van der Waals surface area contributed by atoms with Crippen molar-refractivity contribution in [3.63, 3.8) is 0 Å². The van der Waals surface area contributed by atoms with E-state index in [1.807, 2.05) is 63.8 Å². The number of likely N-dealkylation sites (N-methyl/N-ethyl adjacent to an activating group) is 1. The second-order valence-electron chi connectivity index (χ2n) is 6.06. The molecule has 0 fully saturated rings. The van der Waals surface area contributed by atoms with Gasteiger partial charge in [0.05, 0.1) is 6.54 Å². The molecule has 5 heteroatoms. The highest BCUT2D eigenvalue weighted by atomic mass is 32.1. The number of thiocarbonyl (C=S) groups is 1. The first-order valence-electron chi connectivity index (χ1n) is 7.15. The summed E-state index contributed by atoms with van der Waals surface area (Å²) in [6.07, 6.45) is 0. The molecule has 0 atom stereocenters. The van der Waals surface area contributed by atoms with Crippen molar-refractivity contribution >= 4 is 28.9 Å². The van der Waals surface area contributed by atoms with Gasteiger partial charge in [0.15, 0.2) is 5.11 Å². The summed E-state index contributed by atoms with van der Waals surface area (Å²) in [7, 11) is 0. The van der Waals surface area contributed by atoms with Gasteiger partial charge < -0.3 is 15.5 Å². The van der Waals surface area contributed by atoms with E-state index >= 15 is 0 Å². The molecule has 0 saturated heterocycles. The summed E-state index contributed by atoms with van der Waals surface area (Å²) < 4.78 is 0. The van der Waals surface area contributed by atoms with Crippen LogP contribution in [0.15, 0.2) is 24.3 Å². The Morgan fingerprint density at radius 3 is 2.43 bits per heavy atom. The molecule has 1 amide bonds. The maximum Gasteiger partial charge on any atom is 0.240 e. The van der Waals surface area contributed by atoms with E-state index in [1.54, 1.807) is 0 Å². The lowest BCUT2D eigenvalue weighted by Gasteiger charge is -2.27. The minimum Gasteiger partial charge on any atom is -0.350 e. The van der Waals surface area contributed by atoms with Gasteiger partial charge in [-0.3, -0.25) is 4.79 Å². The van der Waals surface area contributed by atoms with Crippen LogP contribution in [0.2, 0.25) is 0 Å². The van der Waals surface area contributed by atoms with Crippen LogP contribution < -0.4 is 10.6 Å². The number of anilines is 1. The standard InChI is InChI=1S/C16H25N3OS/c1-6-19(11-14(20)18-16(3,4)5)15(21)17-13-10-8-7-9-12(13)2/h7-10H,6,11H2,1-5H3,(H,17,21)(H,18,20). The van der Waals surface area contributed by atoms with E-state index in [0.29, 0.717) is 11.7 Å². The van der Waals surface area contributed by atoms with Gasteiger partial charge in [0.1, 0.15) is 0 Å². The summed E-state index contributed by atoms with van der Waals surface area (Å²) in [5.74, 6) is -0.0294. The predicted molar refractivity (Wildman–Crippen MR) is 92.5 cm³/mol. The number of hydrogen-bond donors (Lipinski definition) is 2. The number of hydrogen-bond acceptors (Lipinski definition) is 2. The maximum absolute atomic E-state index is 12.0. The van der Waals surface area contributed by atoms with Crippen LogP contribution in [0.4, 0.5) is 5.69 Å². The van der Waals surface area contributed by atoms with Gasteiger partial charge in [0.25, 0.3) is 0 Å². The Bertz CT molecular complexity index is 508. The third kappa shape index (κ3) is 6.12. The van der Waals surface area contributed by atoms with E-state index in [0.717, 1.165) is 11.3 Å². The van der Waals surface area contributed by atoms with Gasteiger partial charge in [-0.05, 0) is 58.5 Å². The van der Waals surface area contributed by atoms with E-state index < -0.39 is 0 Å². The van der Waals surface area contributed by atoms with E-state index in [-0.39, 0.29) is 18.0 Å². The van der Waals surface area contributed by atoms with Crippen molar-refractivity contribution in [1.82, 2.24) is 10.2 Å². The maximum atomic E-state index is 12.0. The third-order valence-corrected chi connectivity index (χ3v) is 3.26. The molecule has 0 saturated carbocycles. The fourth-order valence-electron chi connectivity index (χ4n) is 1.87. The van der Waals surface area contributed by atoms with Crippen LogP contribution in [0.1, 0.15) is 33.3 Å². The molecule has 0 aliphatic heterocycles. The van der Waals surface area contributed by atoms with Crippen LogP contribution >= 0.6 is 12.2 Å². The molecule has 0 aliphatic rings. The Kier molecular flexibility index (Phi) is 6.15. The molecule has 1 rings (SSSR count). The molecule has 4 nitrogen and oxygen atoms in total. The normalized spacial score (nSPS) is 10.9. The Morgan fingerprint density at radius 1 is 1.29 bits per heavy atom. The van der Waals surface area contributed by atoms with Crippen molar-refractivity contribution in [3.05, 3.63) is 29.8 Å². The summed E-state index contributed by atoms with van der Waals surface area (Å²) in [6, 6.07) is 7.94. The molecule has 21 heavy (non-hydrogen) atoms. The molecule has 0 radical (unpaired) electrons. The van der Waals surface area contributed by atoms with E-state index in [2.05, 4.69) is 10.6 Å². The third-order valence-electron chi connectivity index (χ3n) is 2.90. The quantitative estimate of drug-likeness (QED) is 0.840. The van der Waals surface area contributed by atoms with Gasteiger partial charge in [0, 0.05) is 17.8 Å². The average molecular weight is 307 g/mol. The number of nitrogens with one attached hydrogen (secondary N) is 2. The second kappa shape index (κ2) is 7.41. The molecule has 0 spiro atoms. The van der Waals surface area contributed by atoms with Crippen molar-refractivity contribution in [2.75, 3.05) is 18.4 Å². The molecule has 0 heterocycles. The summed E-state index contributed by atoms with van der Waals surface area (Å²) in [4.78, 5) is 13.9. The van der Waals surface area contributed by atoms with Crippen molar-refractivity contribution in [2.45, 2.75) is 40.2 Å². The van der Waals surface area contributed by atoms with E-state index in [1.165, 1.54) is 0 Å². The van der Waals surface area contributed by atoms with Crippen molar-refractivity contribution in [2.24, 2.45) is 0 Å². The van der Waals surface area contributed by atoms with Gasteiger partial charge in [0.2, 0.25) is 5.91 Å². The first-order chi connectivity index (χ1) is 9.73. The number of benzene rings is 1. The smallest absolute Gasteiger partial charge is 0.240 e. The Labute approximate surface area is 132 Å². The topological polar surface area (TPSA) is 44.4 Å². The largest absolute Gasteiger partial charge is 0.350 e. The van der Waals surface area contributed by atoms with Crippen LogP contribution in [0.5, 0.6) is 0 Å². The number of carbonyl (C=O) groups excluding carboxylic acids is 1. The Hall–Kier alpha value is -1.62. The first kappa shape index (κ1) is 17.4. The summed E-state index contributed by atoms with van der Waals surface area (Å²) in [5, 5.41) is 6.72. The second-order valence-corrected chi connectivity index (χ2v) is 6.44. The molecule has 1 aromatic carbocycles. The minimum absolute atomic E-state index is 0.0294. The zero-order chi connectivity index (χ0) is 16.0. The van der Waals surface area contributed by atoms with Crippen molar-refractivity contribution in [1.29, 1.82) is 0 Å². The first-order valence-corrected chi connectivity index (χ1v) is 7.56. The SMILES string of the molecule is CCN(CC(=O)NC(C)(C)C)C(=S)Nc1ccccc1C. The summed E-state index contributed by atoms with van der Waals surface area (Å²) in [6.45, 7) is 10.8. The van der Waals surface area contributed by atoms with Crippen LogP contribution in [0.25, 0.3) is 0 Å².